The second-order valence-corrected chi connectivity index (χ2v) is 4.24. The van der Waals surface area contributed by atoms with Crippen molar-refractivity contribution in [2.24, 2.45) is 5.92 Å². The van der Waals surface area contributed by atoms with Gasteiger partial charge in [0, 0.05) is 6.42 Å². The molecule has 0 aliphatic heterocycles. The molecule has 2 heteroatoms. The van der Waals surface area contributed by atoms with Crippen LogP contribution in [0.3, 0.4) is 0 Å². The Labute approximate surface area is 84.5 Å². The van der Waals surface area contributed by atoms with Crippen molar-refractivity contribution in [3.8, 4) is 5.75 Å². The molecule has 76 valence electrons. The van der Waals surface area contributed by atoms with Crippen molar-refractivity contribution in [1.29, 1.82) is 0 Å². The van der Waals surface area contributed by atoms with E-state index in [1.807, 2.05) is 24.3 Å². The van der Waals surface area contributed by atoms with Crippen molar-refractivity contribution in [3.05, 3.63) is 29.8 Å². The van der Waals surface area contributed by atoms with Crippen molar-refractivity contribution >= 4 is 0 Å². The van der Waals surface area contributed by atoms with Gasteiger partial charge in [0.1, 0.15) is 5.75 Å². The molecule has 0 spiro atoms. The summed E-state index contributed by atoms with van der Waals surface area (Å²) in [6.45, 7) is 2.08. The van der Waals surface area contributed by atoms with E-state index in [2.05, 4.69) is 6.92 Å². The van der Waals surface area contributed by atoms with Gasteiger partial charge in [-0.05, 0) is 30.0 Å². The number of ether oxygens (including phenoxy) is 1. The van der Waals surface area contributed by atoms with E-state index in [0.29, 0.717) is 5.92 Å². The van der Waals surface area contributed by atoms with Gasteiger partial charge in [-0.1, -0.05) is 19.1 Å². The predicted octanol–water partition coefficient (Wildman–Crippen LogP) is 2.01. The lowest BCUT2D eigenvalue weighted by Gasteiger charge is -2.09. The molecule has 2 unspecified atom stereocenters. The van der Waals surface area contributed by atoms with E-state index in [9.17, 15) is 5.11 Å². The van der Waals surface area contributed by atoms with Crippen LogP contribution >= 0.6 is 0 Å². The van der Waals surface area contributed by atoms with E-state index in [1.165, 1.54) is 0 Å². The Morgan fingerprint density at radius 2 is 2.29 bits per heavy atom. The molecule has 0 bridgehead atoms. The van der Waals surface area contributed by atoms with Gasteiger partial charge in [0.25, 0.3) is 0 Å². The van der Waals surface area contributed by atoms with Crippen LogP contribution in [-0.4, -0.2) is 17.8 Å². The van der Waals surface area contributed by atoms with Gasteiger partial charge in [-0.3, -0.25) is 0 Å². The summed E-state index contributed by atoms with van der Waals surface area (Å²) in [5.74, 6) is 1.30. The van der Waals surface area contributed by atoms with E-state index in [4.69, 9.17) is 4.74 Å². The van der Waals surface area contributed by atoms with Gasteiger partial charge in [0.2, 0.25) is 0 Å². The average molecular weight is 192 g/mol. The molecule has 1 aromatic rings. The van der Waals surface area contributed by atoms with Crippen LogP contribution in [0, 0.1) is 5.92 Å². The monoisotopic (exact) mass is 192 g/mol. The zero-order valence-corrected chi connectivity index (χ0v) is 8.66. The van der Waals surface area contributed by atoms with Crippen LogP contribution in [0.1, 0.15) is 18.9 Å². The highest BCUT2D eigenvalue weighted by atomic mass is 16.5. The summed E-state index contributed by atoms with van der Waals surface area (Å²) in [6.07, 6.45) is 1.66. The summed E-state index contributed by atoms with van der Waals surface area (Å²) in [5.41, 5.74) is 0.697. The molecule has 1 fully saturated rings. The van der Waals surface area contributed by atoms with Gasteiger partial charge in [0.05, 0.1) is 12.7 Å². The van der Waals surface area contributed by atoms with E-state index >= 15 is 0 Å². The quantitative estimate of drug-likeness (QED) is 0.793. The lowest BCUT2D eigenvalue weighted by molar-refractivity contribution is 0.135. The summed E-state index contributed by atoms with van der Waals surface area (Å²) >= 11 is 0. The molecule has 2 nitrogen and oxygen atoms in total. The topological polar surface area (TPSA) is 29.5 Å². The highest BCUT2D eigenvalue weighted by Crippen LogP contribution is 2.45. The molecule has 14 heavy (non-hydrogen) atoms. The first-order valence-corrected chi connectivity index (χ1v) is 4.99. The Morgan fingerprint density at radius 3 is 2.86 bits per heavy atom. The molecule has 2 atom stereocenters. The molecule has 1 N–H and O–H groups in total. The third kappa shape index (κ3) is 1.75. The third-order valence-corrected chi connectivity index (χ3v) is 3.06. The standard InChI is InChI=1S/C12H16O2/c1-9-7-12(9,13)8-10-4-3-5-11(6-10)14-2/h3-6,9,13H,7-8H2,1-2H3. The molecule has 1 aliphatic carbocycles. The molecule has 0 heterocycles. The van der Waals surface area contributed by atoms with E-state index < -0.39 is 5.60 Å². The molecule has 0 aromatic heterocycles. The summed E-state index contributed by atoms with van der Waals surface area (Å²) in [4.78, 5) is 0. The summed E-state index contributed by atoms with van der Waals surface area (Å²) in [6, 6.07) is 7.91. The maximum absolute atomic E-state index is 9.97. The molecule has 1 aliphatic rings. The molecule has 0 saturated heterocycles. The normalized spacial score (nSPS) is 30.1. The van der Waals surface area contributed by atoms with Crippen LogP contribution in [0.15, 0.2) is 24.3 Å². The van der Waals surface area contributed by atoms with Crippen molar-refractivity contribution in [2.45, 2.75) is 25.4 Å². The Hall–Kier alpha value is -1.02. The molecule has 1 saturated carbocycles. The number of hydrogen-bond acceptors (Lipinski definition) is 2. The Bertz CT molecular complexity index is 335. The molecular formula is C12H16O2. The first-order chi connectivity index (χ1) is 6.64. The third-order valence-electron chi connectivity index (χ3n) is 3.06. The highest BCUT2D eigenvalue weighted by Gasteiger charge is 2.49. The van der Waals surface area contributed by atoms with Gasteiger partial charge in [-0.25, -0.2) is 0 Å². The molecule has 0 amide bonds. The maximum atomic E-state index is 9.97. The number of methoxy groups -OCH3 is 1. The van der Waals surface area contributed by atoms with Gasteiger partial charge in [-0.2, -0.15) is 0 Å². The van der Waals surface area contributed by atoms with E-state index in [-0.39, 0.29) is 0 Å². The number of rotatable bonds is 3. The zero-order chi connectivity index (χ0) is 10.2. The predicted molar refractivity (Wildman–Crippen MR) is 55.4 cm³/mol. The Morgan fingerprint density at radius 1 is 1.57 bits per heavy atom. The van der Waals surface area contributed by atoms with Gasteiger partial charge >= 0.3 is 0 Å². The fourth-order valence-corrected chi connectivity index (χ4v) is 1.85. The zero-order valence-electron chi connectivity index (χ0n) is 8.66. The van der Waals surface area contributed by atoms with Crippen LogP contribution in [0.2, 0.25) is 0 Å². The molecular weight excluding hydrogens is 176 g/mol. The van der Waals surface area contributed by atoms with Crippen LogP contribution in [-0.2, 0) is 6.42 Å². The minimum atomic E-state index is -0.452. The van der Waals surface area contributed by atoms with Crippen molar-refractivity contribution in [2.75, 3.05) is 7.11 Å². The second-order valence-electron chi connectivity index (χ2n) is 4.24. The molecule has 0 radical (unpaired) electrons. The Balaban J connectivity index is 2.10. The van der Waals surface area contributed by atoms with Crippen molar-refractivity contribution in [1.82, 2.24) is 0 Å². The first-order valence-electron chi connectivity index (χ1n) is 4.99. The van der Waals surface area contributed by atoms with Crippen LogP contribution in [0.25, 0.3) is 0 Å². The van der Waals surface area contributed by atoms with Gasteiger partial charge in [0.15, 0.2) is 0 Å². The van der Waals surface area contributed by atoms with Gasteiger partial charge < -0.3 is 9.84 Å². The fourth-order valence-electron chi connectivity index (χ4n) is 1.85. The summed E-state index contributed by atoms with van der Waals surface area (Å²) in [7, 11) is 1.66. The first kappa shape index (κ1) is 9.53. The second kappa shape index (κ2) is 3.28. The summed E-state index contributed by atoms with van der Waals surface area (Å²) < 4.78 is 5.13. The van der Waals surface area contributed by atoms with Crippen LogP contribution in [0.4, 0.5) is 0 Å². The Kier molecular flexibility index (Phi) is 2.23. The van der Waals surface area contributed by atoms with E-state index in [1.54, 1.807) is 7.11 Å². The van der Waals surface area contributed by atoms with Gasteiger partial charge in [-0.15, -0.1) is 0 Å². The lowest BCUT2D eigenvalue weighted by Crippen LogP contribution is -2.13. The average Bonchev–Trinajstić information content (AvgIpc) is 2.74. The van der Waals surface area contributed by atoms with Crippen LogP contribution < -0.4 is 4.74 Å². The van der Waals surface area contributed by atoms with Crippen molar-refractivity contribution in [3.63, 3.8) is 0 Å². The lowest BCUT2D eigenvalue weighted by atomic mass is 10.1. The van der Waals surface area contributed by atoms with Crippen LogP contribution in [0.5, 0.6) is 5.75 Å². The molecule has 1 aromatic carbocycles. The van der Waals surface area contributed by atoms with Crippen molar-refractivity contribution < 1.29 is 9.84 Å². The number of hydrogen-bond donors (Lipinski definition) is 1. The minimum absolute atomic E-state index is 0.439. The highest BCUT2D eigenvalue weighted by molar-refractivity contribution is 5.30. The maximum Gasteiger partial charge on any atom is 0.119 e. The van der Waals surface area contributed by atoms with E-state index in [0.717, 1.165) is 24.2 Å². The number of aliphatic hydroxyl groups is 1. The fraction of sp³-hybridized carbons (Fsp3) is 0.500. The minimum Gasteiger partial charge on any atom is -0.497 e. The smallest absolute Gasteiger partial charge is 0.119 e. The molecule has 2 rings (SSSR count). The number of benzene rings is 1. The summed E-state index contributed by atoms with van der Waals surface area (Å²) in [5, 5.41) is 9.97. The largest absolute Gasteiger partial charge is 0.497 e. The SMILES string of the molecule is COc1cccc(CC2(O)CC2C)c1.